The molecule has 1 saturated heterocycles. The van der Waals surface area contributed by atoms with Crippen molar-refractivity contribution >= 4 is 29.2 Å². The predicted molar refractivity (Wildman–Crippen MR) is 159 cm³/mol. The van der Waals surface area contributed by atoms with Crippen molar-refractivity contribution in [2.75, 3.05) is 39.8 Å². The van der Waals surface area contributed by atoms with Gasteiger partial charge in [0.1, 0.15) is 17.7 Å². The summed E-state index contributed by atoms with van der Waals surface area (Å²) in [7, 11) is 2.02. The van der Waals surface area contributed by atoms with Gasteiger partial charge in [0.2, 0.25) is 0 Å². The number of likely N-dealkylation sites (N-methyl/N-ethyl adjacent to an activating group) is 1. The summed E-state index contributed by atoms with van der Waals surface area (Å²) in [6.45, 7) is 9.99. The van der Waals surface area contributed by atoms with Gasteiger partial charge in [-0.15, -0.1) is 5.10 Å². The van der Waals surface area contributed by atoms with Crippen LogP contribution in [0.3, 0.4) is 0 Å². The number of amides is 1. The molecule has 2 aliphatic heterocycles. The number of aliphatic hydroxyl groups excluding tert-OH is 2. The van der Waals surface area contributed by atoms with Gasteiger partial charge >= 0.3 is 12.1 Å². The Hall–Kier alpha value is -3.35. The lowest BCUT2D eigenvalue weighted by atomic mass is 9.91. The van der Waals surface area contributed by atoms with Crippen LogP contribution < -0.4 is 0 Å². The molecule has 4 rings (SSSR count). The summed E-state index contributed by atoms with van der Waals surface area (Å²) in [6, 6.07) is 2.67. The molecule has 43 heavy (non-hydrogen) atoms. The number of hydrogen-bond donors (Lipinski definition) is 2. The first-order valence-electron chi connectivity index (χ1n) is 15.0. The molecular formula is C31H44FN5O6. The molecule has 1 fully saturated rings. The van der Waals surface area contributed by atoms with E-state index >= 15 is 0 Å². The largest absolute Gasteiger partial charge is 0.457 e. The second-order valence-corrected chi connectivity index (χ2v) is 12.0. The number of hydrogen-bond acceptors (Lipinski definition) is 9. The average Bonchev–Trinajstić information content (AvgIpc) is 3.40. The van der Waals surface area contributed by atoms with Gasteiger partial charge in [0.15, 0.2) is 5.82 Å². The number of cyclic esters (lactones) is 1. The summed E-state index contributed by atoms with van der Waals surface area (Å²) >= 11 is 0. The van der Waals surface area contributed by atoms with E-state index in [1.807, 2.05) is 33.0 Å². The average molecular weight is 602 g/mol. The summed E-state index contributed by atoms with van der Waals surface area (Å²) in [5.74, 6) is -1.50. The molecule has 2 aromatic rings. The van der Waals surface area contributed by atoms with E-state index in [0.717, 1.165) is 13.1 Å². The Morgan fingerprint density at radius 3 is 2.63 bits per heavy atom. The van der Waals surface area contributed by atoms with Gasteiger partial charge < -0.3 is 29.5 Å². The fourth-order valence-electron chi connectivity index (χ4n) is 5.48. The molecule has 0 aliphatic carbocycles. The number of aliphatic hydroxyl groups is 2. The highest BCUT2D eigenvalue weighted by atomic mass is 19.1. The summed E-state index contributed by atoms with van der Waals surface area (Å²) in [6.07, 6.45) is 3.71. The number of esters is 1. The lowest BCUT2D eigenvalue weighted by Gasteiger charge is -2.33. The van der Waals surface area contributed by atoms with Crippen LogP contribution in [-0.4, -0.2) is 105 Å². The number of carbonyl (C=O) groups excluding carboxylic acids is 2. The first kappa shape index (κ1) is 32.6. The first-order valence-corrected chi connectivity index (χ1v) is 15.0. The zero-order valence-electron chi connectivity index (χ0n) is 25.6. The highest BCUT2D eigenvalue weighted by Gasteiger charge is 2.29. The van der Waals surface area contributed by atoms with Crippen LogP contribution in [0, 0.1) is 17.7 Å². The third kappa shape index (κ3) is 8.18. The van der Waals surface area contributed by atoms with Crippen molar-refractivity contribution < 1.29 is 33.7 Å². The zero-order valence-corrected chi connectivity index (χ0v) is 25.6. The minimum absolute atomic E-state index is 0.0884. The number of carbonyl (C=O) groups is 2. The van der Waals surface area contributed by atoms with Gasteiger partial charge in [-0.1, -0.05) is 31.2 Å². The highest BCUT2D eigenvalue weighted by molar-refractivity contribution is 5.79. The number of aromatic nitrogens is 3. The van der Waals surface area contributed by atoms with Crippen molar-refractivity contribution in [1.29, 1.82) is 0 Å². The smallest absolute Gasteiger partial charge is 0.410 e. The normalized spacial score (nSPS) is 28.1. The maximum absolute atomic E-state index is 15.0. The van der Waals surface area contributed by atoms with Crippen LogP contribution >= 0.6 is 0 Å². The van der Waals surface area contributed by atoms with E-state index in [2.05, 4.69) is 15.2 Å². The SMILES string of the molecule is C/C(=C\c1cc(F)c2nnn([C@@H](C)CO)c2c1)[C@H]1OC(=O)C[C@H](O)CC[C@H](C)[C@@H](OC(=O)N2CCN(C)CC2)/C=C\[C@@H]1C. The number of ether oxygens (including phenoxy) is 2. The van der Waals surface area contributed by atoms with Gasteiger partial charge in [0, 0.05) is 32.1 Å². The predicted octanol–water partition coefficient (Wildman–Crippen LogP) is 3.56. The van der Waals surface area contributed by atoms with Crippen LogP contribution in [0.2, 0.25) is 0 Å². The van der Waals surface area contributed by atoms with Crippen LogP contribution in [-0.2, 0) is 14.3 Å². The number of rotatable bonds is 5. The highest BCUT2D eigenvalue weighted by Crippen LogP contribution is 2.27. The van der Waals surface area contributed by atoms with Gasteiger partial charge in [-0.3, -0.25) is 4.79 Å². The molecular weight excluding hydrogens is 557 g/mol. The summed E-state index contributed by atoms with van der Waals surface area (Å²) < 4.78 is 28.3. The van der Waals surface area contributed by atoms with Crippen molar-refractivity contribution in [3.05, 3.63) is 41.2 Å². The Bertz CT molecular complexity index is 1340. The van der Waals surface area contributed by atoms with Crippen LogP contribution in [0.5, 0.6) is 0 Å². The maximum atomic E-state index is 15.0. The number of halogens is 1. The van der Waals surface area contributed by atoms with Gasteiger partial charge in [-0.05, 0) is 69.0 Å². The molecule has 2 aliphatic rings. The fraction of sp³-hybridized carbons (Fsp3) is 0.613. The van der Waals surface area contributed by atoms with E-state index in [1.165, 1.54) is 10.7 Å². The lowest BCUT2D eigenvalue weighted by molar-refractivity contribution is -0.151. The molecule has 1 aromatic carbocycles. The third-order valence-corrected chi connectivity index (χ3v) is 8.34. The minimum atomic E-state index is -0.898. The molecule has 2 N–H and O–H groups in total. The Morgan fingerprint density at radius 1 is 1.21 bits per heavy atom. The third-order valence-electron chi connectivity index (χ3n) is 8.34. The molecule has 0 bridgehead atoms. The van der Waals surface area contributed by atoms with Crippen LogP contribution in [0.25, 0.3) is 17.1 Å². The van der Waals surface area contributed by atoms with Crippen molar-refractivity contribution in [2.24, 2.45) is 11.8 Å². The van der Waals surface area contributed by atoms with Crippen molar-refractivity contribution in [3.63, 3.8) is 0 Å². The number of fused-ring (bicyclic) bond motifs is 1. The molecule has 1 aromatic heterocycles. The van der Waals surface area contributed by atoms with E-state index in [-0.39, 0.29) is 36.5 Å². The quantitative estimate of drug-likeness (QED) is 0.390. The Labute approximate surface area is 251 Å². The second-order valence-electron chi connectivity index (χ2n) is 12.0. The summed E-state index contributed by atoms with van der Waals surface area (Å²) in [5, 5.41) is 28.1. The van der Waals surface area contributed by atoms with Gasteiger partial charge in [0.25, 0.3) is 0 Å². The number of piperazine rings is 1. The molecule has 12 heteroatoms. The second kappa shape index (κ2) is 14.4. The minimum Gasteiger partial charge on any atom is -0.457 e. The van der Waals surface area contributed by atoms with Crippen LogP contribution in [0.15, 0.2) is 29.9 Å². The molecule has 0 spiro atoms. The van der Waals surface area contributed by atoms with E-state index < -0.39 is 36.1 Å². The Balaban J connectivity index is 1.61. The Morgan fingerprint density at radius 2 is 1.93 bits per heavy atom. The molecule has 1 amide bonds. The van der Waals surface area contributed by atoms with Crippen LogP contribution in [0.4, 0.5) is 9.18 Å². The van der Waals surface area contributed by atoms with Gasteiger partial charge in [-0.25, -0.2) is 13.9 Å². The molecule has 3 heterocycles. The summed E-state index contributed by atoms with van der Waals surface area (Å²) in [5.41, 5.74) is 1.71. The standard InChI is InChI=1S/C31H44FN5O6/c1-19-6-8-24(39)17-28(40)43-30(20(2)7-9-27(19)42-31(41)36-12-10-35(5)11-13-36)21(3)14-23-15-25(32)29-26(16-23)37(34-33-29)22(4)18-38/h7,9,14-16,19-20,22,24,27,30,38-39H,6,8,10-13,17-18H2,1-5H3/b9-7-,21-14+/t19-,20-,22-,24+,27-,30-/m0/s1. The van der Waals surface area contributed by atoms with E-state index in [1.54, 1.807) is 30.9 Å². The summed E-state index contributed by atoms with van der Waals surface area (Å²) in [4.78, 5) is 29.7. The molecule has 6 atom stereocenters. The van der Waals surface area contributed by atoms with Crippen molar-refractivity contribution in [1.82, 2.24) is 24.8 Å². The number of nitrogens with zero attached hydrogens (tertiary/aromatic N) is 5. The fourth-order valence-corrected chi connectivity index (χ4v) is 5.48. The van der Waals surface area contributed by atoms with E-state index in [9.17, 15) is 24.2 Å². The molecule has 0 saturated carbocycles. The number of benzene rings is 1. The first-order chi connectivity index (χ1) is 20.5. The van der Waals surface area contributed by atoms with E-state index in [4.69, 9.17) is 9.47 Å². The van der Waals surface area contributed by atoms with Crippen LogP contribution in [0.1, 0.15) is 58.6 Å². The lowest BCUT2D eigenvalue weighted by Crippen LogP contribution is -2.48. The molecule has 0 unspecified atom stereocenters. The molecule has 0 radical (unpaired) electrons. The molecule has 236 valence electrons. The van der Waals surface area contributed by atoms with Crippen molar-refractivity contribution in [2.45, 2.75) is 71.3 Å². The monoisotopic (exact) mass is 601 g/mol. The van der Waals surface area contributed by atoms with E-state index in [0.29, 0.717) is 42.6 Å². The van der Waals surface area contributed by atoms with Crippen molar-refractivity contribution in [3.8, 4) is 0 Å². The van der Waals surface area contributed by atoms with Gasteiger partial charge in [0.05, 0.1) is 30.7 Å². The Kier molecular flexibility index (Phi) is 10.9. The van der Waals surface area contributed by atoms with Gasteiger partial charge in [-0.2, -0.15) is 0 Å². The maximum Gasteiger partial charge on any atom is 0.410 e. The topological polar surface area (TPSA) is 130 Å². The molecule has 11 nitrogen and oxygen atoms in total. The zero-order chi connectivity index (χ0) is 31.3.